The number of aliphatic hydroxyl groups is 5. The molecule has 0 radical (unpaired) electrons. The Labute approximate surface area is 150 Å². The van der Waals surface area contributed by atoms with E-state index in [1.807, 2.05) is 6.92 Å². The van der Waals surface area contributed by atoms with Crippen molar-refractivity contribution in [3.8, 4) is 0 Å². The van der Waals surface area contributed by atoms with E-state index in [1.165, 1.54) is 0 Å². The summed E-state index contributed by atoms with van der Waals surface area (Å²) in [5.74, 6) is 0.308. The highest BCUT2D eigenvalue weighted by atomic mass is 16.3. The Morgan fingerprint density at radius 1 is 0.920 bits per heavy atom. The molecule has 0 heterocycles. The first-order valence-corrected chi connectivity index (χ1v) is 9.97. The lowest BCUT2D eigenvalue weighted by atomic mass is 9.38. The highest BCUT2D eigenvalue weighted by molar-refractivity contribution is 5.21. The maximum Gasteiger partial charge on any atom is 0.0905 e. The van der Waals surface area contributed by atoms with Crippen LogP contribution in [0.5, 0.6) is 0 Å². The molecule has 4 fully saturated rings. The second kappa shape index (κ2) is 5.41. The molecule has 5 N–H and O–H groups in total. The molecule has 0 unspecified atom stereocenters. The maximum atomic E-state index is 11.1. The first-order valence-electron chi connectivity index (χ1n) is 9.97. The Morgan fingerprint density at radius 2 is 1.64 bits per heavy atom. The highest BCUT2D eigenvalue weighted by Crippen LogP contribution is 2.75. The SMILES string of the molecule is C[C@@]1(CO)[C@H](O)CC[C@@]2(C)[C@H]1[C@H](O)C[C@H]1C[C@@H]3C[C@@]12CC[C@]3(O)CO. The van der Waals surface area contributed by atoms with Crippen molar-refractivity contribution in [2.75, 3.05) is 13.2 Å². The summed E-state index contributed by atoms with van der Waals surface area (Å²) in [4.78, 5) is 0. The van der Waals surface area contributed by atoms with Gasteiger partial charge >= 0.3 is 0 Å². The molecule has 5 nitrogen and oxygen atoms in total. The molecule has 0 aliphatic heterocycles. The van der Waals surface area contributed by atoms with Gasteiger partial charge in [0.1, 0.15) is 0 Å². The second-order valence-electron chi connectivity index (χ2n) is 10.2. The first-order chi connectivity index (χ1) is 11.7. The zero-order valence-corrected chi connectivity index (χ0v) is 15.5. The Bertz CT molecular complexity index is 554. The van der Waals surface area contributed by atoms with Crippen molar-refractivity contribution in [3.05, 3.63) is 0 Å². The monoisotopic (exact) mass is 354 g/mol. The standard InChI is InChI=1S/C20H34O5/c1-17(10-21)15(24)3-4-18(2)16(17)14(23)8-12-7-13-9-19(12,18)5-6-20(13,25)11-22/h12-16,21-25H,3-11H2,1-2H3/t12-,13-,14-,15-,16+,17-,18+,19+,20+/m1/s1. The lowest BCUT2D eigenvalue weighted by molar-refractivity contribution is -0.248. The van der Waals surface area contributed by atoms with Gasteiger partial charge in [0, 0.05) is 11.3 Å². The smallest absolute Gasteiger partial charge is 0.0905 e. The Morgan fingerprint density at radius 3 is 2.28 bits per heavy atom. The highest BCUT2D eigenvalue weighted by Gasteiger charge is 2.72. The maximum absolute atomic E-state index is 11.1. The van der Waals surface area contributed by atoms with E-state index < -0.39 is 23.2 Å². The summed E-state index contributed by atoms with van der Waals surface area (Å²) in [5, 5.41) is 52.4. The molecule has 0 aromatic heterocycles. The van der Waals surface area contributed by atoms with Crippen LogP contribution in [0.25, 0.3) is 0 Å². The Kier molecular flexibility index (Phi) is 3.94. The number of hydrogen-bond donors (Lipinski definition) is 5. The average Bonchev–Trinajstić information content (AvgIpc) is 2.92. The van der Waals surface area contributed by atoms with Crippen LogP contribution in [0.3, 0.4) is 0 Å². The molecule has 9 atom stereocenters. The molecule has 4 rings (SSSR count). The molecule has 4 saturated carbocycles. The number of hydrogen-bond acceptors (Lipinski definition) is 5. The predicted octanol–water partition coefficient (Wildman–Crippen LogP) is 1.06. The largest absolute Gasteiger partial charge is 0.396 e. The van der Waals surface area contributed by atoms with Gasteiger partial charge in [0.2, 0.25) is 0 Å². The summed E-state index contributed by atoms with van der Waals surface area (Å²) < 4.78 is 0. The first kappa shape index (κ1) is 18.2. The molecule has 4 aliphatic carbocycles. The third-order valence-electron chi connectivity index (χ3n) is 9.48. The molecular formula is C20H34O5. The van der Waals surface area contributed by atoms with Crippen molar-refractivity contribution in [1.29, 1.82) is 0 Å². The van der Waals surface area contributed by atoms with E-state index in [9.17, 15) is 25.5 Å². The molecule has 1 spiro atoms. The minimum atomic E-state index is -0.978. The van der Waals surface area contributed by atoms with Crippen LogP contribution in [0.1, 0.15) is 58.8 Å². The summed E-state index contributed by atoms with van der Waals surface area (Å²) in [6, 6.07) is 0. The number of rotatable bonds is 2. The van der Waals surface area contributed by atoms with Crippen LogP contribution >= 0.6 is 0 Å². The van der Waals surface area contributed by atoms with Crippen molar-refractivity contribution >= 4 is 0 Å². The molecule has 0 amide bonds. The fourth-order valence-corrected chi connectivity index (χ4v) is 8.04. The molecule has 4 aliphatic rings. The van der Waals surface area contributed by atoms with Gasteiger partial charge in [-0.2, -0.15) is 0 Å². The lowest BCUT2D eigenvalue weighted by Gasteiger charge is -2.67. The predicted molar refractivity (Wildman–Crippen MR) is 92.6 cm³/mol. The summed E-state index contributed by atoms with van der Waals surface area (Å²) in [6.07, 6.45) is 4.31. The van der Waals surface area contributed by atoms with Gasteiger partial charge in [-0.1, -0.05) is 13.8 Å². The fraction of sp³-hybridized carbons (Fsp3) is 1.00. The minimum absolute atomic E-state index is 0.0412. The quantitative estimate of drug-likeness (QED) is 0.510. The molecular weight excluding hydrogens is 320 g/mol. The summed E-state index contributed by atoms with van der Waals surface area (Å²) in [7, 11) is 0. The zero-order chi connectivity index (χ0) is 18.3. The summed E-state index contributed by atoms with van der Waals surface area (Å²) in [6.45, 7) is 3.89. The van der Waals surface area contributed by atoms with E-state index in [0.29, 0.717) is 25.2 Å². The summed E-state index contributed by atoms with van der Waals surface area (Å²) >= 11 is 0. The summed E-state index contributed by atoms with van der Waals surface area (Å²) in [5.41, 5.74) is -1.78. The van der Waals surface area contributed by atoms with Gasteiger partial charge in [-0.05, 0) is 67.6 Å². The zero-order valence-electron chi connectivity index (χ0n) is 15.5. The molecule has 0 saturated heterocycles. The van der Waals surface area contributed by atoms with E-state index >= 15 is 0 Å². The van der Waals surface area contributed by atoms with Gasteiger partial charge < -0.3 is 25.5 Å². The topological polar surface area (TPSA) is 101 Å². The molecule has 2 bridgehead atoms. The van der Waals surface area contributed by atoms with Crippen LogP contribution < -0.4 is 0 Å². The minimum Gasteiger partial charge on any atom is -0.396 e. The van der Waals surface area contributed by atoms with E-state index in [1.54, 1.807) is 0 Å². The van der Waals surface area contributed by atoms with Gasteiger partial charge in [-0.15, -0.1) is 0 Å². The van der Waals surface area contributed by atoms with Crippen LogP contribution in [0.2, 0.25) is 0 Å². The number of fused-ring (bicyclic) bond motifs is 2. The van der Waals surface area contributed by atoms with Gasteiger partial charge in [0.25, 0.3) is 0 Å². The second-order valence-corrected chi connectivity index (χ2v) is 10.2. The lowest BCUT2D eigenvalue weighted by Crippen LogP contribution is -2.66. The van der Waals surface area contributed by atoms with E-state index in [0.717, 1.165) is 25.7 Å². The average molecular weight is 354 g/mol. The van der Waals surface area contributed by atoms with Crippen molar-refractivity contribution in [3.63, 3.8) is 0 Å². The molecule has 5 heteroatoms. The van der Waals surface area contributed by atoms with Gasteiger partial charge in [0.05, 0.1) is 31.0 Å². The van der Waals surface area contributed by atoms with Crippen LogP contribution in [-0.4, -0.2) is 56.6 Å². The van der Waals surface area contributed by atoms with E-state index in [4.69, 9.17) is 0 Å². The van der Waals surface area contributed by atoms with Crippen LogP contribution in [0, 0.1) is 34.0 Å². The molecule has 144 valence electrons. The number of aliphatic hydroxyl groups excluding tert-OH is 4. The van der Waals surface area contributed by atoms with Crippen molar-refractivity contribution < 1.29 is 25.5 Å². The van der Waals surface area contributed by atoms with E-state index in [2.05, 4.69) is 6.92 Å². The Hall–Kier alpha value is -0.200. The Balaban J connectivity index is 1.79. The van der Waals surface area contributed by atoms with Crippen LogP contribution in [0.4, 0.5) is 0 Å². The van der Waals surface area contributed by atoms with Gasteiger partial charge in [-0.3, -0.25) is 0 Å². The van der Waals surface area contributed by atoms with Crippen LogP contribution in [0.15, 0.2) is 0 Å². The van der Waals surface area contributed by atoms with Crippen molar-refractivity contribution in [2.45, 2.75) is 76.6 Å². The van der Waals surface area contributed by atoms with Gasteiger partial charge in [-0.25, -0.2) is 0 Å². The van der Waals surface area contributed by atoms with Gasteiger partial charge in [0.15, 0.2) is 0 Å². The van der Waals surface area contributed by atoms with Crippen molar-refractivity contribution in [1.82, 2.24) is 0 Å². The van der Waals surface area contributed by atoms with Crippen LogP contribution in [-0.2, 0) is 0 Å². The third-order valence-corrected chi connectivity index (χ3v) is 9.48. The van der Waals surface area contributed by atoms with E-state index in [-0.39, 0.29) is 35.9 Å². The van der Waals surface area contributed by atoms with Crippen molar-refractivity contribution in [2.24, 2.45) is 34.0 Å². The normalized spacial score (nSPS) is 60.8. The third kappa shape index (κ3) is 2.02. The molecule has 25 heavy (non-hydrogen) atoms. The molecule has 0 aromatic carbocycles. The molecule has 0 aromatic rings. The fourth-order valence-electron chi connectivity index (χ4n) is 8.04.